The minimum atomic E-state index is -0.491. The monoisotopic (exact) mass is 363 g/mol. The summed E-state index contributed by atoms with van der Waals surface area (Å²) in [5.74, 6) is -0.241. The van der Waals surface area contributed by atoms with Crippen molar-refractivity contribution in [2.24, 2.45) is 0 Å². The summed E-state index contributed by atoms with van der Waals surface area (Å²) in [7, 11) is 1.32. The highest BCUT2D eigenvalue weighted by Gasteiger charge is 2.29. The fourth-order valence-electron chi connectivity index (χ4n) is 1.98. The number of nitrogens with zero attached hydrogens (tertiary/aromatic N) is 1. The van der Waals surface area contributed by atoms with Crippen molar-refractivity contribution in [3.63, 3.8) is 0 Å². The molecule has 1 heterocycles. The quantitative estimate of drug-likeness (QED) is 0.655. The Morgan fingerprint density at radius 3 is 2.94 bits per heavy atom. The smallest absolute Gasteiger partial charge is 0.344 e. The summed E-state index contributed by atoms with van der Waals surface area (Å²) in [4.78, 5) is 15.8. The Hall–Kier alpha value is -0.890. The van der Waals surface area contributed by atoms with E-state index < -0.39 is 12.1 Å². The van der Waals surface area contributed by atoms with Crippen LogP contribution >= 0.6 is 22.6 Å². The molecule has 0 aromatic carbocycles. The number of esters is 1. The summed E-state index contributed by atoms with van der Waals surface area (Å²) in [6, 6.07) is 1.71. The first-order valence-corrected chi connectivity index (χ1v) is 6.79. The molecular weight excluding hydrogens is 349 g/mol. The van der Waals surface area contributed by atoms with Crippen LogP contribution in [-0.4, -0.2) is 35.4 Å². The zero-order chi connectivity index (χ0) is 13.1. The number of hydrogen-bond donors (Lipinski definition) is 1. The number of methoxy groups -OCH3 is 1. The molecule has 1 N–H and O–H groups in total. The first-order valence-electron chi connectivity index (χ1n) is 5.71. The van der Waals surface area contributed by atoms with Gasteiger partial charge in [-0.05, 0) is 47.9 Å². The molecule has 1 aromatic heterocycles. The lowest BCUT2D eigenvalue weighted by Crippen LogP contribution is -2.27. The predicted molar refractivity (Wildman–Crippen MR) is 72.6 cm³/mol. The van der Waals surface area contributed by atoms with E-state index in [1.165, 1.54) is 7.11 Å². The van der Waals surface area contributed by atoms with E-state index >= 15 is 0 Å². The van der Waals surface area contributed by atoms with Gasteiger partial charge in [0.15, 0.2) is 0 Å². The average molecular weight is 363 g/mol. The Kier molecular flexibility index (Phi) is 4.39. The van der Waals surface area contributed by atoms with Crippen LogP contribution < -0.4 is 4.74 Å². The van der Waals surface area contributed by atoms with E-state index in [0.717, 1.165) is 22.8 Å². The van der Waals surface area contributed by atoms with Crippen LogP contribution in [-0.2, 0) is 4.74 Å². The molecule has 6 heteroatoms. The van der Waals surface area contributed by atoms with Crippen molar-refractivity contribution in [3.05, 3.63) is 21.4 Å². The predicted octanol–water partition coefficient (Wildman–Crippen LogP) is 1.77. The van der Waals surface area contributed by atoms with Gasteiger partial charge in [-0.3, -0.25) is 0 Å². The molecule has 18 heavy (non-hydrogen) atoms. The van der Waals surface area contributed by atoms with Crippen LogP contribution in [0, 0.1) is 3.57 Å². The van der Waals surface area contributed by atoms with E-state index in [4.69, 9.17) is 9.47 Å². The maximum atomic E-state index is 11.7. The highest BCUT2D eigenvalue weighted by molar-refractivity contribution is 14.1. The number of hydrogen-bond acceptors (Lipinski definition) is 5. The molecule has 0 aliphatic heterocycles. The molecule has 1 aliphatic rings. The lowest BCUT2D eigenvalue weighted by molar-refractivity contribution is 0.0501. The Bertz CT molecular complexity index is 452. The fraction of sp³-hybridized carbons (Fsp3) is 0.500. The Morgan fingerprint density at radius 2 is 2.33 bits per heavy atom. The molecule has 0 radical (unpaired) electrons. The van der Waals surface area contributed by atoms with Gasteiger partial charge in [-0.2, -0.15) is 0 Å². The zero-order valence-electron chi connectivity index (χ0n) is 9.93. The van der Waals surface area contributed by atoms with Crippen LogP contribution in [0.1, 0.15) is 29.6 Å². The summed E-state index contributed by atoms with van der Waals surface area (Å²) < 4.78 is 11.1. The second-order valence-corrected chi connectivity index (χ2v) is 5.28. The highest BCUT2D eigenvalue weighted by Crippen LogP contribution is 2.28. The molecule has 0 unspecified atom stereocenters. The molecule has 5 nitrogen and oxygen atoms in total. The maximum absolute atomic E-state index is 11.7. The third kappa shape index (κ3) is 2.74. The van der Waals surface area contributed by atoms with Crippen molar-refractivity contribution in [1.82, 2.24) is 4.98 Å². The first kappa shape index (κ1) is 13.5. The van der Waals surface area contributed by atoms with Gasteiger partial charge >= 0.3 is 5.97 Å². The van der Waals surface area contributed by atoms with E-state index in [9.17, 15) is 9.90 Å². The minimum Gasteiger partial charge on any atom is -0.471 e. The number of rotatable bonds is 3. The minimum absolute atomic E-state index is 0.236. The first-order chi connectivity index (χ1) is 8.63. The van der Waals surface area contributed by atoms with E-state index in [1.807, 2.05) is 22.6 Å². The maximum Gasteiger partial charge on any atom is 0.344 e. The molecule has 1 aromatic rings. The van der Waals surface area contributed by atoms with Crippen LogP contribution in [0.25, 0.3) is 0 Å². The van der Waals surface area contributed by atoms with E-state index in [1.54, 1.807) is 12.3 Å². The topological polar surface area (TPSA) is 68.7 Å². The lowest BCUT2D eigenvalue weighted by atomic mass is 10.2. The molecule has 98 valence electrons. The van der Waals surface area contributed by atoms with E-state index in [2.05, 4.69) is 4.98 Å². The van der Waals surface area contributed by atoms with Crippen LogP contribution in [0.15, 0.2) is 12.3 Å². The molecule has 1 aliphatic carbocycles. The van der Waals surface area contributed by atoms with Crippen molar-refractivity contribution in [1.29, 1.82) is 0 Å². The van der Waals surface area contributed by atoms with E-state index in [-0.39, 0.29) is 12.0 Å². The van der Waals surface area contributed by atoms with Crippen molar-refractivity contribution in [3.8, 4) is 5.88 Å². The van der Waals surface area contributed by atoms with Crippen molar-refractivity contribution < 1.29 is 19.4 Å². The number of carbonyl (C=O) groups is 1. The summed E-state index contributed by atoms with van der Waals surface area (Å²) in [6.07, 6.45) is 3.21. The highest BCUT2D eigenvalue weighted by atomic mass is 127. The summed E-state index contributed by atoms with van der Waals surface area (Å²) in [5.41, 5.74) is 0.319. The molecule has 0 amide bonds. The van der Waals surface area contributed by atoms with Crippen LogP contribution in [0.3, 0.4) is 0 Å². The normalized spacial score (nSPS) is 22.8. The Labute approximate surface area is 119 Å². The molecular formula is C12H14INO4. The third-order valence-electron chi connectivity index (χ3n) is 2.94. The molecule has 0 bridgehead atoms. The summed E-state index contributed by atoms with van der Waals surface area (Å²) in [6.45, 7) is 0. The zero-order valence-corrected chi connectivity index (χ0v) is 12.1. The molecule has 1 fully saturated rings. The number of aliphatic hydroxyl groups is 1. The average Bonchev–Trinajstić information content (AvgIpc) is 2.74. The van der Waals surface area contributed by atoms with Crippen molar-refractivity contribution in [2.75, 3.05) is 7.11 Å². The van der Waals surface area contributed by atoms with Gasteiger partial charge in [-0.1, -0.05) is 0 Å². The standard InChI is InChI=1S/C12H14INO4/c1-17-12(16)10-7(13)5-6-14-11(10)18-9-4-2-3-8(9)15/h5-6,8-9,15H,2-4H2,1H3/t8-,9-/m1/s1. The van der Waals surface area contributed by atoms with E-state index in [0.29, 0.717) is 5.56 Å². The largest absolute Gasteiger partial charge is 0.471 e. The number of carbonyl (C=O) groups excluding carboxylic acids is 1. The van der Waals surface area contributed by atoms with Crippen LogP contribution in [0.4, 0.5) is 0 Å². The van der Waals surface area contributed by atoms with Gasteiger partial charge in [-0.25, -0.2) is 9.78 Å². The number of pyridine rings is 1. The molecule has 2 atom stereocenters. The number of halogens is 1. The van der Waals surface area contributed by atoms with Gasteiger partial charge in [0.25, 0.3) is 0 Å². The second kappa shape index (κ2) is 5.83. The third-order valence-corrected chi connectivity index (χ3v) is 3.83. The molecule has 0 saturated heterocycles. The lowest BCUT2D eigenvalue weighted by Gasteiger charge is -2.18. The molecule has 1 saturated carbocycles. The van der Waals surface area contributed by atoms with Crippen molar-refractivity contribution in [2.45, 2.75) is 31.5 Å². The SMILES string of the molecule is COC(=O)c1c(I)ccnc1O[C@@H]1CCC[C@H]1O. The van der Waals surface area contributed by atoms with Gasteiger partial charge in [0.2, 0.25) is 5.88 Å². The summed E-state index contributed by atoms with van der Waals surface area (Å²) >= 11 is 2.03. The van der Waals surface area contributed by atoms with Gasteiger partial charge in [-0.15, -0.1) is 0 Å². The summed E-state index contributed by atoms with van der Waals surface area (Å²) in [5, 5.41) is 9.74. The number of aliphatic hydroxyl groups excluding tert-OH is 1. The van der Waals surface area contributed by atoms with Crippen LogP contribution in [0.5, 0.6) is 5.88 Å². The van der Waals surface area contributed by atoms with Crippen LogP contribution in [0.2, 0.25) is 0 Å². The Balaban J connectivity index is 2.26. The second-order valence-electron chi connectivity index (χ2n) is 4.12. The number of aromatic nitrogens is 1. The fourth-order valence-corrected chi connectivity index (χ4v) is 2.60. The molecule has 0 spiro atoms. The van der Waals surface area contributed by atoms with Gasteiger partial charge in [0, 0.05) is 9.77 Å². The van der Waals surface area contributed by atoms with Gasteiger partial charge < -0.3 is 14.6 Å². The Morgan fingerprint density at radius 1 is 1.56 bits per heavy atom. The van der Waals surface area contributed by atoms with Gasteiger partial charge in [0.05, 0.1) is 13.2 Å². The van der Waals surface area contributed by atoms with Crippen molar-refractivity contribution >= 4 is 28.6 Å². The van der Waals surface area contributed by atoms with Gasteiger partial charge in [0.1, 0.15) is 11.7 Å². The molecule has 2 rings (SSSR count). The number of ether oxygens (including phenoxy) is 2.